The molecule has 0 radical (unpaired) electrons. The van der Waals surface area contributed by atoms with E-state index in [-0.39, 0.29) is 24.0 Å². The highest BCUT2D eigenvalue weighted by Gasteiger charge is 2.35. The first-order valence-corrected chi connectivity index (χ1v) is 9.81. The van der Waals surface area contributed by atoms with Gasteiger partial charge < -0.3 is 9.64 Å². The van der Waals surface area contributed by atoms with Crippen molar-refractivity contribution in [1.82, 2.24) is 9.62 Å². The monoisotopic (exact) mass is 372 g/mol. The van der Waals surface area contributed by atoms with Gasteiger partial charge in [-0.15, -0.1) is 0 Å². The van der Waals surface area contributed by atoms with E-state index in [2.05, 4.69) is 4.72 Å². The lowest BCUT2D eigenvalue weighted by molar-refractivity contribution is -0.145. The van der Waals surface area contributed by atoms with E-state index in [1.807, 2.05) is 13.8 Å². The Hall–Kier alpha value is -1.51. The molecule has 0 bridgehead atoms. The number of morpholine rings is 1. The quantitative estimate of drug-likeness (QED) is 0.855. The van der Waals surface area contributed by atoms with E-state index in [9.17, 15) is 17.6 Å². The number of rotatable bonds is 5. The van der Waals surface area contributed by atoms with E-state index < -0.39 is 26.8 Å². The fourth-order valence-corrected chi connectivity index (χ4v) is 4.34. The number of ether oxygens (including phenoxy) is 1. The molecule has 140 valence electrons. The van der Waals surface area contributed by atoms with Crippen LogP contribution in [0.2, 0.25) is 0 Å². The normalized spacial score (nSPS) is 22.9. The Morgan fingerprint density at radius 1 is 1.24 bits per heavy atom. The number of nitrogens with zero attached hydrogens (tertiary/aromatic N) is 1. The Morgan fingerprint density at radius 3 is 2.32 bits per heavy atom. The van der Waals surface area contributed by atoms with Crippen LogP contribution in [0.15, 0.2) is 29.2 Å². The molecule has 1 aromatic rings. The van der Waals surface area contributed by atoms with Crippen molar-refractivity contribution >= 4 is 15.9 Å². The predicted molar refractivity (Wildman–Crippen MR) is 91.9 cm³/mol. The van der Waals surface area contributed by atoms with Gasteiger partial charge in [0, 0.05) is 13.1 Å². The first kappa shape index (κ1) is 19.8. The van der Waals surface area contributed by atoms with Crippen LogP contribution < -0.4 is 4.72 Å². The summed E-state index contributed by atoms with van der Waals surface area (Å²) < 4.78 is 46.9. The second-order valence-corrected chi connectivity index (χ2v) is 8.46. The van der Waals surface area contributed by atoms with E-state index in [1.165, 1.54) is 18.2 Å². The average molecular weight is 372 g/mol. The van der Waals surface area contributed by atoms with Gasteiger partial charge in [-0.05, 0) is 31.9 Å². The smallest absolute Gasteiger partial charge is 0.244 e. The third-order valence-electron chi connectivity index (χ3n) is 4.07. The number of halogens is 1. The minimum absolute atomic E-state index is 0.122. The Bertz CT molecular complexity index is 713. The van der Waals surface area contributed by atoms with Gasteiger partial charge in [0.05, 0.1) is 12.2 Å². The highest BCUT2D eigenvalue weighted by Crippen LogP contribution is 2.18. The van der Waals surface area contributed by atoms with Crippen LogP contribution in [0, 0.1) is 11.7 Å². The van der Waals surface area contributed by atoms with Crippen LogP contribution >= 0.6 is 0 Å². The fourth-order valence-electron chi connectivity index (χ4n) is 2.92. The van der Waals surface area contributed by atoms with Crippen LogP contribution in [-0.4, -0.2) is 50.6 Å². The van der Waals surface area contributed by atoms with Crippen molar-refractivity contribution in [2.75, 3.05) is 13.1 Å². The Kier molecular flexibility index (Phi) is 6.18. The molecule has 0 aliphatic carbocycles. The average Bonchev–Trinajstić information content (AvgIpc) is 2.51. The Morgan fingerprint density at radius 2 is 1.80 bits per heavy atom. The van der Waals surface area contributed by atoms with Gasteiger partial charge in [-0.1, -0.05) is 26.0 Å². The Labute approximate surface area is 148 Å². The summed E-state index contributed by atoms with van der Waals surface area (Å²) in [5.41, 5.74) is 0. The lowest BCUT2D eigenvalue weighted by atomic mass is 10.0. The molecule has 3 atom stereocenters. The summed E-state index contributed by atoms with van der Waals surface area (Å²) >= 11 is 0. The molecule has 0 saturated carbocycles. The fraction of sp³-hybridized carbons (Fsp3) is 0.588. The van der Waals surface area contributed by atoms with Crippen LogP contribution in [0.4, 0.5) is 4.39 Å². The lowest BCUT2D eigenvalue weighted by Gasteiger charge is -2.38. The molecular weight excluding hydrogens is 347 g/mol. The second kappa shape index (κ2) is 7.80. The molecule has 1 aliphatic rings. The van der Waals surface area contributed by atoms with Crippen molar-refractivity contribution in [3.8, 4) is 0 Å². The standard InChI is InChI=1S/C17H25FN2O4S/c1-11(2)16(17(21)20-9-12(3)24-13(4)10-20)19-25(22,23)15-8-6-5-7-14(15)18/h5-8,11-13,16,19H,9-10H2,1-4H3/t12-,13+,16-/m0/s1. The summed E-state index contributed by atoms with van der Waals surface area (Å²) in [6.07, 6.45) is -0.243. The van der Waals surface area contributed by atoms with E-state index >= 15 is 0 Å². The lowest BCUT2D eigenvalue weighted by Crippen LogP contribution is -2.56. The van der Waals surface area contributed by atoms with Gasteiger partial charge in [0.25, 0.3) is 0 Å². The zero-order valence-corrected chi connectivity index (χ0v) is 15.7. The number of amides is 1. The number of benzene rings is 1. The van der Waals surface area contributed by atoms with Gasteiger partial charge in [-0.25, -0.2) is 12.8 Å². The van der Waals surface area contributed by atoms with Gasteiger partial charge in [-0.3, -0.25) is 4.79 Å². The third-order valence-corrected chi connectivity index (χ3v) is 5.55. The van der Waals surface area contributed by atoms with Crippen LogP contribution in [0.5, 0.6) is 0 Å². The summed E-state index contributed by atoms with van der Waals surface area (Å²) in [6.45, 7) is 8.02. The van der Waals surface area contributed by atoms with E-state index in [0.29, 0.717) is 13.1 Å². The maximum Gasteiger partial charge on any atom is 0.244 e. The first-order chi connectivity index (χ1) is 11.6. The number of sulfonamides is 1. The molecule has 1 saturated heterocycles. The SMILES string of the molecule is CC(C)[C@H](NS(=O)(=O)c1ccccc1F)C(=O)N1C[C@@H](C)O[C@@H](C)C1. The molecule has 2 rings (SSSR count). The summed E-state index contributed by atoms with van der Waals surface area (Å²) in [7, 11) is -4.15. The summed E-state index contributed by atoms with van der Waals surface area (Å²) in [4.78, 5) is 14.0. The van der Waals surface area contributed by atoms with Gasteiger partial charge in [0.15, 0.2) is 0 Å². The molecule has 0 aromatic heterocycles. The molecule has 0 spiro atoms. The zero-order chi connectivity index (χ0) is 18.8. The van der Waals surface area contributed by atoms with Crippen molar-refractivity contribution in [1.29, 1.82) is 0 Å². The first-order valence-electron chi connectivity index (χ1n) is 8.33. The van der Waals surface area contributed by atoms with Crippen LogP contribution in [0.1, 0.15) is 27.7 Å². The molecule has 1 aromatic carbocycles. The Balaban J connectivity index is 2.23. The van der Waals surface area contributed by atoms with Crippen LogP contribution in [-0.2, 0) is 19.6 Å². The number of nitrogens with one attached hydrogen (secondary N) is 1. The molecule has 25 heavy (non-hydrogen) atoms. The van der Waals surface area contributed by atoms with E-state index in [1.54, 1.807) is 18.7 Å². The van der Waals surface area contributed by atoms with E-state index in [4.69, 9.17) is 4.74 Å². The molecular formula is C17H25FN2O4S. The van der Waals surface area contributed by atoms with Crippen LogP contribution in [0.25, 0.3) is 0 Å². The van der Waals surface area contributed by atoms with Crippen molar-refractivity contribution < 1.29 is 22.3 Å². The molecule has 8 heteroatoms. The zero-order valence-electron chi connectivity index (χ0n) is 14.9. The molecule has 1 fully saturated rings. The van der Waals surface area contributed by atoms with Crippen LogP contribution in [0.3, 0.4) is 0 Å². The number of carbonyl (C=O) groups is 1. The van der Waals surface area contributed by atoms with Gasteiger partial charge in [0.1, 0.15) is 16.8 Å². The highest BCUT2D eigenvalue weighted by atomic mass is 32.2. The second-order valence-electron chi connectivity index (χ2n) is 6.77. The summed E-state index contributed by atoms with van der Waals surface area (Å²) in [5.74, 6) is -1.46. The van der Waals surface area contributed by atoms with Crippen molar-refractivity contribution in [2.24, 2.45) is 5.92 Å². The summed E-state index contributed by atoms with van der Waals surface area (Å²) in [5, 5.41) is 0. The molecule has 1 amide bonds. The molecule has 0 unspecified atom stereocenters. The third kappa shape index (κ3) is 4.77. The van der Waals surface area contributed by atoms with Gasteiger partial charge >= 0.3 is 0 Å². The van der Waals surface area contributed by atoms with Crippen molar-refractivity contribution in [3.05, 3.63) is 30.1 Å². The van der Waals surface area contributed by atoms with Gasteiger partial charge in [0.2, 0.25) is 15.9 Å². The van der Waals surface area contributed by atoms with E-state index in [0.717, 1.165) is 6.07 Å². The molecule has 1 N–H and O–H groups in total. The molecule has 1 aliphatic heterocycles. The highest BCUT2D eigenvalue weighted by molar-refractivity contribution is 7.89. The summed E-state index contributed by atoms with van der Waals surface area (Å²) in [6, 6.07) is 4.14. The van der Waals surface area contributed by atoms with Crippen molar-refractivity contribution in [3.63, 3.8) is 0 Å². The minimum atomic E-state index is -4.15. The molecule has 6 nitrogen and oxygen atoms in total. The number of hydrogen-bond donors (Lipinski definition) is 1. The molecule has 1 heterocycles. The largest absolute Gasteiger partial charge is 0.372 e. The van der Waals surface area contributed by atoms with Crippen molar-refractivity contribution in [2.45, 2.75) is 50.8 Å². The number of hydrogen-bond acceptors (Lipinski definition) is 4. The van der Waals surface area contributed by atoms with Gasteiger partial charge in [-0.2, -0.15) is 4.72 Å². The number of carbonyl (C=O) groups excluding carboxylic acids is 1. The minimum Gasteiger partial charge on any atom is -0.372 e. The predicted octanol–water partition coefficient (Wildman–Crippen LogP) is 1.76. The topological polar surface area (TPSA) is 75.7 Å². The maximum absolute atomic E-state index is 13.9. The maximum atomic E-state index is 13.9.